The van der Waals surface area contributed by atoms with Gasteiger partial charge >= 0.3 is 0 Å². The molecule has 2 rings (SSSR count). The summed E-state index contributed by atoms with van der Waals surface area (Å²) >= 11 is 1.70. The van der Waals surface area contributed by atoms with E-state index in [2.05, 4.69) is 20.5 Å². The minimum Gasteiger partial charge on any atom is -0.394 e. The number of aliphatic hydroxyl groups is 1. The minimum atomic E-state index is -0.0536. The second-order valence-electron chi connectivity index (χ2n) is 4.58. The lowest BCUT2D eigenvalue weighted by atomic mass is 9.86. The Kier molecular flexibility index (Phi) is 4.42. The molecule has 0 saturated heterocycles. The Hall–Kier alpha value is -0.590. The van der Waals surface area contributed by atoms with E-state index < -0.39 is 0 Å². The van der Waals surface area contributed by atoms with E-state index in [1.165, 1.54) is 19.2 Å². The second-order valence-corrected chi connectivity index (χ2v) is 5.66. The van der Waals surface area contributed by atoms with E-state index in [-0.39, 0.29) is 12.1 Å². The first-order chi connectivity index (χ1) is 8.30. The van der Waals surface area contributed by atoms with Crippen molar-refractivity contribution in [2.45, 2.75) is 36.4 Å². The number of rotatable bonds is 6. The number of aliphatic hydroxyl groups excluding tert-OH is 1. The summed E-state index contributed by atoms with van der Waals surface area (Å²) in [6.07, 6.45) is 6.13. The molecule has 0 spiro atoms. The third-order valence-corrected chi connectivity index (χ3v) is 4.74. The van der Waals surface area contributed by atoms with Crippen LogP contribution < -0.4 is 5.32 Å². The highest BCUT2D eigenvalue weighted by Gasteiger charge is 2.40. The summed E-state index contributed by atoms with van der Waals surface area (Å²) in [5, 5.41) is 20.4. The topological polar surface area (TPSA) is 73.8 Å². The van der Waals surface area contributed by atoms with Crippen molar-refractivity contribution in [2.75, 3.05) is 19.4 Å². The zero-order valence-electron chi connectivity index (χ0n) is 10.1. The summed E-state index contributed by atoms with van der Waals surface area (Å²) in [7, 11) is 1.96. The van der Waals surface area contributed by atoms with Gasteiger partial charge in [0.25, 0.3) is 0 Å². The van der Waals surface area contributed by atoms with Crippen LogP contribution in [0, 0.1) is 5.92 Å². The van der Waals surface area contributed by atoms with Crippen molar-refractivity contribution >= 4 is 11.8 Å². The summed E-state index contributed by atoms with van der Waals surface area (Å²) in [6.45, 7) is 0.237. The van der Waals surface area contributed by atoms with Gasteiger partial charge in [-0.05, 0) is 32.2 Å². The first-order valence-electron chi connectivity index (χ1n) is 6.08. The Balaban J connectivity index is 1.82. The molecule has 1 saturated carbocycles. The molecule has 0 amide bonds. The number of aromatic amines is 1. The van der Waals surface area contributed by atoms with Crippen LogP contribution in [0.2, 0.25) is 0 Å². The van der Waals surface area contributed by atoms with Gasteiger partial charge in [-0.15, -0.1) is 0 Å². The quantitative estimate of drug-likeness (QED) is 0.663. The molecule has 1 heterocycles. The monoisotopic (exact) mass is 256 g/mol. The molecule has 3 N–H and O–H groups in total. The predicted octanol–water partition coefficient (Wildman–Crippen LogP) is 1.04. The molecule has 1 aliphatic rings. The molecule has 2 unspecified atom stereocenters. The van der Waals surface area contributed by atoms with Crippen molar-refractivity contribution in [1.82, 2.24) is 20.5 Å². The number of aromatic nitrogens is 3. The van der Waals surface area contributed by atoms with Crippen LogP contribution in [0.25, 0.3) is 0 Å². The van der Waals surface area contributed by atoms with E-state index in [0.29, 0.717) is 5.92 Å². The molecule has 1 fully saturated rings. The first-order valence-corrected chi connectivity index (χ1v) is 7.07. The van der Waals surface area contributed by atoms with Gasteiger partial charge in [0.05, 0.1) is 6.61 Å². The van der Waals surface area contributed by atoms with E-state index >= 15 is 0 Å². The zero-order valence-corrected chi connectivity index (χ0v) is 11.0. The highest BCUT2D eigenvalue weighted by atomic mass is 32.2. The average molecular weight is 256 g/mol. The number of thioether (sulfide) groups is 1. The molecule has 0 aromatic carbocycles. The highest BCUT2D eigenvalue weighted by molar-refractivity contribution is 7.99. The molecule has 6 heteroatoms. The van der Waals surface area contributed by atoms with Gasteiger partial charge in [0, 0.05) is 11.3 Å². The molecular weight excluding hydrogens is 236 g/mol. The van der Waals surface area contributed by atoms with Crippen LogP contribution in [0.1, 0.15) is 25.7 Å². The van der Waals surface area contributed by atoms with Crippen molar-refractivity contribution in [2.24, 2.45) is 5.92 Å². The Morgan fingerprint density at radius 3 is 3.24 bits per heavy atom. The Labute approximate surface area is 106 Å². The summed E-state index contributed by atoms with van der Waals surface area (Å²) in [5.74, 6) is 1.58. The van der Waals surface area contributed by atoms with Gasteiger partial charge in [-0.1, -0.05) is 18.2 Å². The zero-order chi connectivity index (χ0) is 12.1. The van der Waals surface area contributed by atoms with Crippen molar-refractivity contribution in [3.8, 4) is 0 Å². The van der Waals surface area contributed by atoms with Gasteiger partial charge in [-0.3, -0.25) is 5.10 Å². The van der Waals surface area contributed by atoms with E-state index in [4.69, 9.17) is 0 Å². The van der Waals surface area contributed by atoms with Gasteiger partial charge in [0.1, 0.15) is 6.33 Å². The second kappa shape index (κ2) is 5.84. The van der Waals surface area contributed by atoms with Gasteiger partial charge in [-0.2, -0.15) is 5.10 Å². The maximum absolute atomic E-state index is 9.57. The molecule has 0 radical (unpaired) electrons. The lowest BCUT2D eigenvalue weighted by molar-refractivity contribution is 0.130. The van der Waals surface area contributed by atoms with E-state index in [0.717, 1.165) is 23.8 Å². The smallest absolute Gasteiger partial charge is 0.183 e. The number of H-pyrrole nitrogens is 1. The largest absolute Gasteiger partial charge is 0.394 e. The van der Waals surface area contributed by atoms with E-state index in [9.17, 15) is 5.11 Å². The predicted molar refractivity (Wildman–Crippen MR) is 67.9 cm³/mol. The fourth-order valence-electron chi connectivity index (χ4n) is 2.74. The lowest BCUT2D eigenvalue weighted by Gasteiger charge is -2.33. The highest BCUT2D eigenvalue weighted by Crippen LogP contribution is 2.38. The summed E-state index contributed by atoms with van der Waals surface area (Å²) in [4.78, 5) is 4.09. The molecule has 0 aliphatic heterocycles. The van der Waals surface area contributed by atoms with Gasteiger partial charge in [-0.25, -0.2) is 4.98 Å². The number of hydrogen-bond acceptors (Lipinski definition) is 5. The van der Waals surface area contributed by atoms with Crippen molar-refractivity contribution in [3.63, 3.8) is 0 Å². The molecule has 1 aromatic heterocycles. The fraction of sp³-hybridized carbons (Fsp3) is 0.818. The lowest BCUT2D eigenvalue weighted by Crippen LogP contribution is -2.49. The summed E-state index contributed by atoms with van der Waals surface area (Å²) in [6, 6.07) is 0. The van der Waals surface area contributed by atoms with Crippen LogP contribution in [0.3, 0.4) is 0 Å². The fourth-order valence-corrected chi connectivity index (χ4v) is 3.58. The maximum Gasteiger partial charge on any atom is 0.183 e. The third kappa shape index (κ3) is 2.81. The average Bonchev–Trinajstić information content (AvgIpc) is 2.99. The SMILES string of the molecule is CNC1(CO)CCCC1CCSc1ncn[nH]1. The molecule has 1 aromatic rings. The number of nitrogens with one attached hydrogen (secondary N) is 2. The van der Waals surface area contributed by atoms with Gasteiger partial charge < -0.3 is 10.4 Å². The number of nitrogens with zero attached hydrogens (tertiary/aromatic N) is 2. The van der Waals surface area contributed by atoms with Crippen LogP contribution in [-0.4, -0.2) is 45.2 Å². The molecule has 5 nitrogen and oxygen atoms in total. The standard InChI is InChI=1S/C11H20N4OS/c1-12-11(7-16)5-2-3-9(11)4-6-17-10-13-8-14-15-10/h8-9,12,16H,2-7H2,1H3,(H,13,14,15). The van der Waals surface area contributed by atoms with Crippen molar-refractivity contribution in [3.05, 3.63) is 6.33 Å². The summed E-state index contributed by atoms with van der Waals surface area (Å²) < 4.78 is 0. The minimum absolute atomic E-state index is 0.0536. The Bertz CT molecular complexity index is 326. The van der Waals surface area contributed by atoms with Crippen LogP contribution in [-0.2, 0) is 0 Å². The molecular formula is C11H20N4OS. The molecule has 0 bridgehead atoms. The van der Waals surface area contributed by atoms with Crippen molar-refractivity contribution in [1.29, 1.82) is 0 Å². The van der Waals surface area contributed by atoms with E-state index in [1.807, 2.05) is 7.05 Å². The molecule has 1 aliphatic carbocycles. The number of likely N-dealkylation sites (N-methyl/N-ethyl adjacent to an activating group) is 1. The summed E-state index contributed by atoms with van der Waals surface area (Å²) in [5.41, 5.74) is -0.0536. The van der Waals surface area contributed by atoms with Crippen molar-refractivity contribution < 1.29 is 5.11 Å². The first kappa shape index (κ1) is 12.9. The van der Waals surface area contributed by atoms with Crippen LogP contribution in [0.4, 0.5) is 0 Å². The van der Waals surface area contributed by atoms with E-state index in [1.54, 1.807) is 11.8 Å². The maximum atomic E-state index is 9.57. The molecule has 17 heavy (non-hydrogen) atoms. The normalized spacial score (nSPS) is 28.7. The van der Waals surface area contributed by atoms with Gasteiger partial charge in [0.2, 0.25) is 0 Å². The molecule has 96 valence electrons. The van der Waals surface area contributed by atoms with Crippen LogP contribution in [0.15, 0.2) is 11.5 Å². The third-order valence-electron chi connectivity index (χ3n) is 3.84. The number of hydrogen-bond donors (Lipinski definition) is 3. The molecule has 2 atom stereocenters. The van der Waals surface area contributed by atoms with Crippen LogP contribution in [0.5, 0.6) is 0 Å². The van der Waals surface area contributed by atoms with Crippen LogP contribution >= 0.6 is 11.8 Å². The van der Waals surface area contributed by atoms with Gasteiger partial charge in [0.15, 0.2) is 5.16 Å². The Morgan fingerprint density at radius 2 is 2.59 bits per heavy atom. The Morgan fingerprint density at radius 1 is 1.71 bits per heavy atom.